The van der Waals surface area contributed by atoms with Crippen LogP contribution in [-0.2, 0) is 75.8 Å². The predicted molar refractivity (Wildman–Crippen MR) is 273 cm³/mol. The maximum absolute atomic E-state index is 11.3. The number of aliphatic hydroxyl groups is 17. The standard InChI is InChI=1S/C49H81N5O33.8Na/c50-4-2-1-3-5-72-46-35(68)27(60)18(10-73-46)82-43-23(52)32(65)39(15(7-56)78-43)86-48-37(70)29(62)20(12-75-48)84-45-25(54)34(67)41(17(9-58)80-45)87-49-38(71)30(63)21(13-76-49)83-44-24(53)33(66)40(16(8-57)79-44)85-47-36(69)28(61)19(11-74-47)81-42-22(51)31(64)26(59)14(6-55)77-42;;;;;;;;/h10-49,51-71H,1-9,50H2;;;;;;;;/q-8;8*+1/t14?,15?,16?,17?,18-,19-,20-,21-,22?,23?,24?,25?,26-,27-,28-,29-,30-,31-,32-,33-,34-,35?,36?,37?,38?,39-,40-,41-,42-,43-,44-,45-,46-,47+,48+,49+;;;;;;;;/m1......../s1. The van der Waals surface area contributed by atoms with Crippen LogP contribution in [0.5, 0.6) is 0 Å². The molecule has 36 atom stereocenters. The van der Waals surface area contributed by atoms with Crippen LogP contribution in [0.15, 0.2) is 0 Å². The normalized spacial score (nSPS) is 46.8. The number of nitrogens with two attached hydrogens (primary N) is 1. The predicted octanol–water partition coefficient (Wildman–Crippen LogP) is -33.8. The van der Waals surface area contributed by atoms with Gasteiger partial charge in [-0.1, -0.05) is 24.2 Å². The second-order valence-corrected chi connectivity index (χ2v) is 21.9. The number of hydrogen-bond acceptors (Lipinski definition) is 34. The van der Waals surface area contributed by atoms with Gasteiger partial charge in [0.1, 0.15) is 98.4 Å². The molecule has 0 aromatic carbocycles. The molecule has 508 valence electrons. The second-order valence-electron chi connectivity index (χ2n) is 21.9. The first-order valence-corrected chi connectivity index (χ1v) is 28.1. The largest absolute Gasteiger partial charge is 1.00 e. The van der Waals surface area contributed by atoms with E-state index < -0.39 is 247 Å². The summed E-state index contributed by atoms with van der Waals surface area (Å²) in [6, 6.07) is -7.02. The van der Waals surface area contributed by atoms with E-state index in [1.165, 1.54) is 0 Å². The van der Waals surface area contributed by atoms with E-state index in [-0.39, 0.29) is 243 Å². The Morgan fingerprint density at radius 1 is 0.295 bits per heavy atom. The molecule has 95 heavy (non-hydrogen) atoms. The zero-order chi connectivity index (χ0) is 63.3. The van der Waals surface area contributed by atoms with Gasteiger partial charge in [0.05, 0.1) is 75.3 Å². The third-order valence-electron chi connectivity index (χ3n) is 15.9. The molecule has 23 N–H and O–H groups in total. The van der Waals surface area contributed by atoms with Crippen molar-refractivity contribution in [2.24, 2.45) is 5.73 Å². The average molecular weight is 1450 g/mol. The SMILES string of the molecule is [NH-]C1[C@@H](O[C@@H]2[CH-]O[C@@H](O[C@@H]3C(CO)O[C@H](O[C@@H]4[CH-]O[C@@H](O[C@@H]5C(CO)O[C@H](O[C@@H]6[CH-]O[C@@H](O[C@@H]7C(CO)O[C@H](O[C@@H]8[CH-]O[C@@H](OCCCCCN)C(O)[C@@H]8O)C([NH-])[C@H]7O)C(O)[C@@H]6O)C([NH-])[C@H]5O)C(O)[C@@H]4O)C([NH-])[C@H]3O)C(O)[C@@H]2O)OC(CO)[C@@H](O)[C@@H]1O.[Na+].[Na+].[Na+].[Na+].[Na+].[Na+].[Na+].[Na+]. The Morgan fingerprint density at radius 3 is 0.842 bits per heavy atom. The monoisotopic (exact) mass is 1450 g/mol. The van der Waals surface area contributed by atoms with E-state index in [0.29, 0.717) is 13.0 Å². The first-order valence-electron chi connectivity index (χ1n) is 28.1. The molecule has 0 spiro atoms. The summed E-state index contributed by atoms with van der Waals surface area (Å²) in [5.74, 6) is 0. The van der Waals surface area contributed by atoms with Crippen molar-refractivity contribution >= 4 is 0 Å². The Morgan fingerprint density at radius 2 is 0.558 bits per heavy atom. The first-order chi connectivity index (χ1) is 41.5. The Labute approximate surface area is 724 Å². The van der Waals surface area contributed by atoms with Crippen molar-refractivity contribution < 1.29 is 399 Å². The summed E-state index contributed by atoms with van der Waals surface area (Å²) in [6.45, 7) is 0.678. The number of rotatable bonds is 24. The van der Waals surface area contributed by atoms with Crippen molar-refractivity contribution in [3.63, 3.8) is 0 Å². The van der Waals surface area contributed by atoms with Gasteiger partial charge in [0, 0.05) is 6.61 Å². The molecule has 12 unspecified atom stereocenters. The fourth-order valence-corrected chi connectivity index (χ4v) is 10.6. The summed E-state index contributed by atoms with van der Waals surface area (Å²) in [4.78, 5) is 0. The number of unbranched alkanes of at least 4 members (excludes halogenated alkanes) is 2. The number of ether oxygens (including phenoxy) is 16. The molecule has 8 saturated heterocycles. The van der Waals surface area contributed by atoms with E-state index in [9.17, 15) is 86.8 Å². The van der Waals surface area contributed by atoms with Crippen molar-refractivity contribution in [2.75, 3.05) is 39.6 Å². The van der Waals surface area contributed by atoms with Gasteiger partial charge >= 0.3 is 236 Å². The van der Waals surface area contributed by atoms with Gasteiger partial charge in [-0.2, -0.15) is 26.4 Å². The minimum Gasteiger partial charge on any atom is -0.668 e. The summed E-state index contributed by atoms with van der Waals surface area (Å²) >= 11 is 0. The molecule has 8 aliphatic rings. The quantitative estimate of drug-likeness (QED) is 0.0242. The van der Waals surface area contributed by atoms with Gasteiger partial charge in [-0.15, -0.1) is 0 Å². The van der Waals surface area contributed by atoms with Gasteiger partial charge in [0.15, 0.2) is 25.2 Å². The molecule has 0 aromatic heterocycles. The van der Waals surface area contributed by atoms with Gasteiger partial charge in [-0.3, -0.25) is 0 Å². The third-order valence-corrected chi connectivity index (χ3v) is 15.9. The van der Waals surface area contributed by atoms with Crippen LogP contribution >= 0.6 is 0 Å². The van der Waals surface area contributed by atoms with Crippen LogP contribution in [0.3, 0.4) is 0 Å². The van der Waals surface area contributed by atoms with Gasteiger partial charge in [0.25, 0.3) is 0 Å². The van der Waals surface area contributed by atoms with E-state index in [4.69, 9.17) is 104 Å². The minimum absolute atomic E-state index is 0. The van der Waals surface area contributed by atoms with E-state index in [2.05, 4.69) is 0 Å². The molecule has 8 heterocycles. The average Bonchev–Trinajstić information content (AvgIpc) is 0.820. The molecule has 8 rings (SSSR count). The van der Waals surface area contributed by atoms with Crippen LogP contribution < -0.4 is 242 Å². The number of aliphatic hydroxyl groups excluding tert-OH is 17. The molecule has 38 nitrogen and oxygen atoms in total. The molecular weight excluding hydrogens is 1370 g/mol. The molecule has 0 amide bonds. The topological polar surface area (TPSA) is 613 Å². The zero-order valence-electron chi connectivity index (χ0n) is 54.2. The van der Waals surface area contributed by atoms with Crippen LogP contribution in [0, 0.1) is 26.4 Å². The van der Waals surface area contributed by atoms with Gasteiger partial charge in [-0.05, 0) is 50.2 Å². The molecule has 0 aromatic rings. The fraction of sp³-hybridized carbons (Fsp3) is 0.918. The summed E-state index contributed by atoms with van der Waals surface area (Å²) < 4.78 is 89.3. The zero-order valence-corrected chi connectivity index (χ0v) is 70.2. The van der Waals surface area contributed by atoms with E-state index >= 15 is 0 Å². The van der Waals surface area contributed by atoms with Gasteiger partial charge in [0.2, 0.25) is 0 Å². The van der Waals surface area contributed by atoms with E-state index in [0.717, 1.165) is 39.3 Å². The van der Waals surface area contributed by atoms with Gasteiger partial charge in [-0.25, -0.2) is 0 Å². The summed E-state index contributed by atoms with van der Waals surface area (Å²) in [6.07, 6.45) is -53.0. The Hall–Kier alpha value is 6.48. The van der Waals surface area contributed by atoms with Gasteiger partial charge < -0.3 is 191 Å². The molecule has 0 bridgehead atoms. The Balaban J connectivity index is 0.0000110. The van der Waals surface area contributed by atoms with Crippen molar-refractivity contribution in [1.82, 2.24) is 0 Å². The Bertz CT molecular complexity index is 2080. The van der Waals surface area contributed by atoms with Crippen LogP contribution in [0.25, 0.3) is 22.9 Å². The maximum Gasteiger partial charge on any atom is 1.00 e. The third kappa shape index (κ3) is 25.0. The number of nitrogens with one attached hydrogen (secondary N) is 4. The molecule has 0 radical (unpaired) electrons. The fourth-order valence-electron chi connectivity index (χ4n) is 10.6. The van der Waals surface area contributed by atoms with Crippen molar-refractivity contribution in [3.8, 4) is 0 Å². The summed E-state index contributed by atoms with van der Waals surface area (Å²) in [5.41, 5.74) is 39.6. The van der Waals surface area contributed by atoms with E-state index in [1.54, 1.807) is 0 Å². The minimum atomic E-state index is -2.07. The molecule has 8 fully saturated rings. The van der Waals surface area contributed by atoms with Crippen LogP contribution in [0.2, 0.25) is 0 Å². The second kappa shape index (κ2) is 48.3. The molecule has 46 heteroatoms. The van der Waals surface area contributed by atoms with Crippen molar-refractivity contribution in [1.29, 1.82) is 0 Å². The number of hydrogen-bond donors (Lipinski definition) is 18. The molecule has 0 saturated carbocycles. The smallest absolute Gasteiger partial charge is 0.668 e. The van der Waals surface area contributed by atoms with Crippen LogP contribution in [0.1, 0.15) is 19.3 Å². The molecule has 8 aliphatic heterocycles. The molecule has 0 aliphatic carbocycles. The van der Waals surface area contributed by atoms with E-state index in [1.807, 2.05) is 0 Å². The maximum atomic E-state index is 11.3. The first kappa shape index (κ1) is 101. The molecular formula is C49H81N5Na8O33. The van der Waals surface area contributed by atoms with Crippen molar-refractivity contribution in [2.45, 2.75) is 240 Å². The van der Waals surface area contributed by atoms with Crippen molar-refractivity contribution in [3.05, 3.63) is 49.4 Å². The Kier molecular flexibility index (Phi) is 51.6. The van der Waals surface area contributed by atoms with Crippen LogP contribution in [-0.4, -0.2) is 347 Å². The summed E-state index contributed by atoms with van der Waals surface area (Å²) in [5, 5.41) is 182. The van der Waals surface area contributed by atoms with Crippen LogP contribution in [0.4, 0.5) is 0 Å². The summed E-state index contributed by atoms with van der Waals surface area (Å²) in [7, 11) is 0.